The summed E-state index contributed by atoms with van der Waals surface area (Å²) in [6.07, 6.45) is -2.42. The van der Waals surface area contributed by atoms with E-state index >= 15 is 4.39 Å². The van der Waals surface area contributed by atoms with Crippen LogP contribution in [-0.4, -0.2) is 33.0 Å². The van der Waals surface area contributed by atoms with E-state index in [1.54, 1.807) is 0 Å². The number of hydrogen-bond donors (Lipinski definition) is 3. The number of halogens is 4. The van der Waals surface area contributed by atoms with Crippen LogP contribution in [0.1, 0.15) is 25.6 Å². The van der Waals surface area contributed by atoms with Gasteiger partial charge in [0.1, 0.15) is 21.3 Å². The van der Waals surface area contributed by atoms with Gasteiger partial charge in [-0.15, -0.1) is 11.3 Å². The van der Waals surface area contributed by atoms with Gasteiger partial charge in [0, 0.05) is 18.0 Å². The summed E-state index contributed by atoms with van der Waals surface area (Å²) in [5.74, 6) is -3.55. The number of rotatable bonds is 4. The molecule has 4 heterocycles. The van der Waals surface area contributed by atoms with Gasteiger partial charge in [-0.3, -0.25) is 9.69 Å². The van der Waals surface area contributed by atoms with Crippen LogP contribution >= 0.6 is 11.3 Å². The standard InChI is InChI=1S/C22H11F4N5O4S/c23-11-7-9(18(32)29-14-8-10(3-5-27-14)22(24,25)26)1-2-12(11)31-13-4-6-28-19-15(13)16(30-21(31)35)17(36-19)20(33)34/h1-8H,(H,30,35)(H,33,34)(H,27,29,32). The van der Waals surface area contributed by atoms with Gasteiger partial charge in [-0.2, -0.15) is 13.2 Å². The lowest BCUT2D eigenvalue weighted by molar-refractivity contribution is -0.137. The van der Waals surface area contributed by atoms with E-state index in [1.807, 2.05) is 0 Å². The molecule has 1 aliphatic rings. The van der Waals surface area contributed by atoms with E-state index in [0.717, 1.165) is 40.6 Å². The highest BCUT2D eigenvalue weighted by Crippen LogP contribution is 2.46. The number of nitrogens with zero attached hydrogens (tertiary/aromatic N) is 3. The quantitative estimate of drug-likeness (QED) is 0.308. The number of nitrogens with one attached hydrogen (secondary N) is 2. The van der Waals surface area contributed by atoms with Crippen molar-refractivity contribution in [2.24, 2.45) is 0 Å². The van der Waals surface area contributed by atoms with Crippen molar-refractivity contribution in [2.75, 3.05) is 15.5 Å². The number of carboxylic acid groups (broad SMARTS) is 1. The highest BCUT2D eigenvalue weighted by Gasteiger charge is 2.34. The zero-order valence-electron chi connectivity index (χ0n) is 17.6. The lowest BCUT2D eigenvalue weighted by Gasteiger charge is -2.28. The molecule has 0 fully saturated rings. The Morgan fingerprint density at radius 2 is 1.81 bits per heavy atom. The molecule has 0 saturated carbocycles. The zero-order chi connectivity index (χ0) is 25.8. The number of anilines is 4. The Morgan fingerprint density at radius 3 is 2.50 bits per heavy atom. The molecule has 5 rings (SSSR count). The molecule has 0 unspecified atom stereocenters. The lowest BCUT2D eigenvalue weighted by atomic mass is 10.1. The molecule has 0 spiro atoms. The lowest BCUT2D eigenvalue weighted by Crippen LogP contribution is -2.34. The van der Waals surface area contributed by atoms with E-state index in [0.29, 0.717) is 16.3 Å². The second-order valence-electron chi connectivity index (χ2n) is 7.43. The molecular formula is C22H11F4N5O4S. The minimum atomic E-state index is -4.64. The Bertz CT molecular complexity index is 1590. The molecule has 36 heavy (non-hydrogen) atoms. The first-order valence-electron chi connectivity index (χ1n) is 9.94. The smallest absolute Gasteiger partial charge is 0.416 e. The van der Waals surface area contributed by atoms with Crippen LogP contribution in [0.4, 0.5) is 45.2 Å². The number of hydrogen-bond acceptors (Lipinski definition) is 6. The van der Waals surface area contributed by atoms with Crippen LogP contribution in [0.5, 0.6) is 0 Å². The number of alkyl halides is 3. The number of carbonyl (C=O) groups excluding carboxylic acids is 2. The summed E-state index contributed by atoms with van der Waals surface area (Å²) in [5, 5.41) is 14.4. The number of carbonyl (C=O) groups is 3. The summed E-state index contributed by atoms with van der Waals surface area (Å²) < 4.78 is 53.8. The summed E-state index contributed by atoms with van der Waals surface area (Å²) in [6, 6.07) is 5.10. The maximum absolute atomic E-state index is 15.1. The molecule has 0 aliphatic carbocycles. The maximum Gasteiger partial charge on any atom is 0.416 e. The van der Waals surface area contributed by atoms with Crippen LogP contribution in [0.15, 0.2) is 48.8 Å². The maximum atomic E-state index is 15.1. The number of urea groups is 1. The van der Waals surface area contributed by atoms with Crippen LogP contribution in [0.2, 0.25) is 0 Å². The van der Waals surface area contributed by atoms with Gasteiger partial charge in [-0.25, -0.2) is 23.9 Å². The molecule has 3 amide bonds. The van der Waals surface area contributed by atoms with Gasteiger partial charge >= 0.3 is 18.2 Å². The molecule has 3 aromatic heterocycles. The highest BCUT2D eigenvalue weighted by atomic mass is 32.1. The van der Waals surface area contributed by atoms with E-state index in [2.05, 4.69) is 20.6 Å². The third kappa shape index (κ3) is 3.86. The van der Waals surface area contributed by atoms with Crippen molar-refractivity contribution in [3.8, 4) is 0 Å². The van der Waals surface area contributed by atoms with Crippen molar-refractivity contribution in [1.29, 1.82) is 0 Å². The average Bonchev–Trinajstić information content (AvgIpc) is 3.19. The van der Waals surface area contributed by atoms with Gasteiger partial charge in [0.25, 0.3) is 5.91 Å². The van der Waals surface area contributed by atoms with E-state index in [1.165, 1.54) is 18.3 Å². The Morgan fingerprint density at radius 1 is 1.06 bits per heavy atom. The number of thiophene rings is 1. The van der Waals surface area contributed by atoms with Crippen LogP contribution in [0.3, 0.4) is 0 Å². The normalized spacial score (nSPS) is 13.0. The second-order valence-corrected chi connectivity index (χ2v) is 8.43. The molecule has 0 atom stereocenters. The first kappa shape index (κ1) is 23.2. The molecule has 0 bridgehead atoms. The molecular weight excluding hydrogens is 506 g/mol. The number of carboxylic acids is 1. The fourth-order valence-electron chi connectivity index (χ4n) is 3.67. The van der Waals surface area contributed by atoms with Crippen molar-refractivity contribution in [2.45, 2.75) is 6.18 Å². The van der Waals surface area contributed by atoms with Crippen LogP contribution in [-0.2, 0) is 6.18 Å². The zero-order valence-corrected chi connectivity index (χ0v) is 18.4. The first-order valence-corrected chi connectivity index (χ1v) is 10.8. The predicted molar refractivity (Wildman–Crippen MR) is 121 cm³/mol. The molecule has 14 heteroatoms. The topological polar surface area (TPSA) is 125 Å². The molecule has 1 aromatic carbocycles. The van der Waals surface area contributed by atoms with Crippen molar-refractivity contribution in [1.82, 2.24) is 9.97 Å². The Kier molecular flexibility index (Phi) is 5.32. The van der Waals surface area contributed by atoms with Crippen molar-refractivity contribution >= 4 is 62.3 Å². The van der Waals surface area contributed by atoms with Crippen molar-refractivity contribution in [3.05, 3.63) is 70.6 Å². The van der Waals surface area contributed by atoms with E-state index in [9.17, 15) is 32.7 Å². The summed E-state index contributed by atoms with van der Waals surface area (Å²) in [7, 11) is 0. The average molecular weight is 517 g/mol. The van der Waals surface area contributed by atoms with Gasteiger partial charge in [0.15, 0.2) is 0 Å². The van der Waals surface area contributed by atoms with Crippen molar-refractivity contribution in [3.63, 3.8) is 0 Å². The summed E-state index contributed by atoms with van der Waals surface area (Å²) >= 11 is 0.849. The predicted octanol–water partition coefficient (Wildman–Crippen LogP) is 5.48. The molecule has 4 aromatic rings. The molecule has 3 N–H and O–H groups in total. The molecule has 1 aliphatic heterocycles. The third-order valence-corrected chi connectivity index (χ3v) is 6.31. The van der Waals surface area contributed by atoms with Gasteiger partial charge in [0.2, 0.25) is 0 Å². The summed E-state index contributed by atoms with van der Waals surface area (Å²) in [5.41, 5.74) is -1.27. The number of aromatic nitrogens is 2. The summed E-state index contributed by atoms with van der Waals surface area (Å²) in [6.45, 7) is 0. The molecule has 9 nitrogen and oxygen atoms in total. The number of benzene rings is 1. The highest BCUT2D eigenvalue weighted by molar-refractivity contribution is 7.21. The largest absolute Gasteiger partial charge is 0.477 e. The molecule has 0 radical (unpaired) electrons. The van der Waals surface area contributed by atoms with Gasteiger partial charge in [-0.05, 0) is 36.4 Å². The number of aromatic carboxylic acids is 1. The van der Waals surface area contributed by atoms with Crippen LogP contribution in [0, 0.1) is 5.82 Å². The van der Waals surface area contributed by atoms with Gasteiger partial charge in [-0.1, -0.05) is 0 Å². The van der Waals surface area contributed by atoms with E-state index in [-0.39, 0.29) is 33.3 Å². The van der Waals surface area contributed by atoms with Crippen LogP contribution in [0.25, 0.3) is 10.2 Å². The molecule has 0 saturated heterocycles. The number of amides is 3. The minimum absolute atomic E-state index is 0.0526. The van der Waals surface area contributed by atoms with Crippen molar-refractivity contribution < 1.29 is 37.1 Å². The second kappa shape index (κ2) is 8.27. The molecule has 182 valence electrons. The number of pyridine rings is 2. The summed E-state index contributed by atoms with van der Waals surface area (Å²) in [4.78, 5) is 45.9. The van der Waals surface area contributed by atoms with E-state index < -0.39 is 35.5 Å². The van der Waals surface area contributed by atoms with Crippen LogP contribution < -0.4 is 15.5 Å². The first-order chi connectivity index (χ1) is 17.0. The SMILES string of the molecule is O=C(Nc1cc(C(F)(F)F)ccn1)c1ccc(N2C(=O)Nc3c(C(=O)O)sc4nccc2c34)c(F)c1. The fourth-order valence-corrected chi connectivity index (χ4v) is 4.63. The Labute approximate surface area is 202 Å². The van der Waals surface area contributed by atoms with Gasteiger partial charge < -0.3 is 15.7 Å². The monoisotopic (exact) mass is 517 g/mol. The Hall–Kier alpha value is -4.59. The third-order valence-electron chi connectivity index (χ3n) is 5.22. The Balaban J connectivity index is 1.48. The fraction of sp³-hybridized carbons (Fsp3) is 0.0455. The van der Waals surface area contributed by atoms with Gasteiger partial charge in [0.05, 0.1) is 28.0 Å². The van der Waals surface area contributed by atoms with E-state index in [4.69, 9.17) is 0 Å². The minimum Gasteiger partial charge on any atom is -0.477 e.